The van der Waals surface area contributed by atoms with E-state index in [0.29, 0.717) is 18.0 Å². The molecule has 3 aromatic rings. The van der Waals surface area contributed by atoms with E-state index in [1.165, 1.54) is 11.3 Å². The van der Waals surface area contributed by atoms with E-state index in [9.17, 15) is 9.59 Å². The highest BCUT2D eigenvalue weighted by molar-refractivity contribution is 7.10. The number of aromatic nitrogens is 1. The van der Waals surface area contributed by atoms with Crippen molar-refractivity contribution in [1.29, 1.82) is 0 Å². The Morgan fingerprint density at radius 2 is 2.00 bits per heavy atom. The predicted octanol–water partition coefficient (Wildman–Crippen LogP) is 2.75. The largest absolute Gasteiger partial charge is 0.467 e. The van der Waals surface area contributed by atoms with E-state index < -0.39 is 6.03 Å². The summed E-state index contributed by atoms with van der Waals surface area (Å²) >= 11 is 1.43. The molecule has 0 fully saturated rings. The summed E-state index contributed by atoms with van der Waals surface area (Å²) < 4.78 is 5.17. The Bertz CT molecular complexity index is 856. The molecule has 0 unspecified atom stereocenters. The third-order valence-electron chi connectivity index (χ3n) is 3.35. The van der Waals surface area contributed by atoms with E-state index in [1.54, 1.807) is 30.5 Å². The molecule has 3 amide bonds. The van der Waals surface area contributed by atoms with E-state index in [-0.39, 0.29) is 12.3 Å². The van der Waals surface area contributed by atoms with Gasteiger partial charge in [-0.15, -0.1) is 11.3 Å². The number of furan rings is 1. The molecular formula is C17H16N4O3S. The quantitative estimate of drug-likeness (QED) is 0.630. The summed E-state index contributed by atoms with van der Waals surface area (Å²) in [5.41, 5.74) is 7.37. The van der Waals surface area contributed by atoms with Crippen molar-refractivity contribution in [2.45, 2.75) is 13.0 Å². The van der Waals surface area contributed by atoms with Crippen LogP contribution >= 0.6 is 11.3 Å². The van der Waals surface area contributed by atoms with Crippen LogP contribution in [0.2, 0.25) is 0 Å². The average Bonchev–Trinajstić information content (AvgIpc) is 3.25. The van der Waals surface area contributed by atoms with Crippen LogP contribution < -0.4 is 16.4 Å². The maximum absolute atomic E-state index is 12.0. The van der Waals surface area contributed by atoms with Crippen LogP contribution in [0, 0.1) is 0 Å². The first kappa shape index (κ1) is 16.7. The van der Waals surface area contributed by atoms with Gasteiger partial charge < -0.3 is 20.8 Å². The number of urea groups is 1. The lowest BCUT2D eigenvalue weighted by Crippen LogP contribution is -2.24. The number of primary amides is 1. The molecule has 0 saturated heterocycles. The molecule has 0 spiro atoms. The standard InChI is InChI=1S/C17H16N4O3S/c18-17(23)20-12-5-3-11(4-6-12)14-10-25-16(21-14)8-15(22)19-9-13-2-1-7-24-13/h1-7,10H,8-9H2,(H,19,22)(H3,18,20,23). The Hall–Kier alpha value is -3.13. The molecule has 0 aliphatic heterocycles. The minimum Gasteiger partial charge on any atom is -0.467 e. The summed E-state index contributed by atoms with van der Waals surface area (Å²) in [5.74, 6) is 0.594. The summed E-state index contributed by atoms with van der Waals surface area (Å²) in [5, 5.41) is 7.91. The molecule has 0 aliphatic carbocycles. The molecule has 0 radical (unpaired) electrons. The lowest BCUT2D eigenvalue weighted by atomic mass is 10.1. The molecule has 0 aliphatic rings. The Morgan fingerprint density at radius 1 is 1.20 bits per heavy atom. The number of thiazole rings is 1. The second kappa shape index (κ2) is 7.63. The van der Waals surface area contributed by atoms with Crippen LogP contribution in [0.1, 0.15) is 10.8 Å². The van der Waals surface area contributed by atoms with E-state index in [0.717, 1.165) is 16.3 Å². The zero-order valence-electron chi connectivity index (χ0n) is 13.2. The smallest absolute Gasteiger partial charge is 0.316 e. The molecule has 2 aromatic heterocycles. The molecule has 8 heteroatoms. The highest BCUT2D eigenvalue weighted by Crippen LogP contribution is 2.23. The average molecular weight is 356 g/mol. The van der Waals surface area contributed by atoms with E-state index in [1.807, 2.05) is 17.5 Å². The minimum absolute atomic E-state index is 0.113. The Balaban J connectivity index is 1.58. The van der Waals surface area contributed by atoms with Crippen molar-refractivity contribution in [3.05, 3.63) is 58.8 Å². The molecular weight excluding hydrogens is 340 g/mol. The van der Waals surface area contributed by atoms with Crippen molar-refractivity contribution < 1.29 is 14.0 Å². The van der Waals surface area contributed by atoms with Crippen molar-refractivity contribution in [2.24, 2.45) is 5.73 Å². The number of carbonyl (C=O) groups is 2. The summed E-state index contributed by atoms with van der Waals surface area (Å²) in [7, 11) is 0. The fourth-order valence-corrected chi connectivity index (χ4v) is 2.99. The van der Waals surface area contributed by atoms with Crippen molar-refractivity contribution in [2.75, 3.05) is 5.32 Å². The molecule has 4 N–H and O–H groups in total. The van der Waals surface area contributed by atoms with Crippen LogP contribution in [0.4, 0.5) is 10.5 Å². The number of anilines is 1. The molecule has 25 heavy (non-hydrogen) atoms. The molecule has 1 aromatic carbocycles. The molecule has 0 bridgehead atoms. The highest BCUT2D eigenvalue weighted by Gasteiger charge is 2.10. The fourth-order valence-electron chi connectivity index (χ4n) is 2.19. The molecule has 128 valence electrons. The summed E-state index contributed by atoms with van der Waals surface area (Å²) in [6.07, 6.45) is 1.78. The van der Waals surface area contributed by atoms with Crippen LogP contribution in [0.25, 0.3) is 11.3 Å². The maximum atomic E-state index is 12.0. The van der Waals surface area contributed by atoms with Crippen molar-refractivity contribution in [1.82, 2.24) is 10.3 Å². The SMILES string of the molecule is NC(=O)Nc1ccc(-c2csc(CC(=O)NCc3ccco3)n2)cc1. The van der Waals surface area contributed by atoms with Gasteiger partial charge in [0.2, 0.25) is 5.91 Å². The normalized spacial score (nSPS) is 10.4. The van der Waals surface area contributed by atoms with Crippen LogP contribution in [0.3, 0.4) is 0 Å². The Labute approximate surface area is 147 Å². The van der Waals surface area contributed by atoms with Crippen LogP contribution in [-0.2, 0) is 17.8 Å². The zero-order chi connectivity index (χ0) is 17.6. The highest BCUT2D eigenvalue weighted by atomic mass is 32.1. The second-order valence-corrected chi connectivity index (χ2v) is 6.17. The van der Waals surface area contributed by atoms with Gasteiger partial charge in [-0.3, -0.25) is 4.79 Å². The van der Waals surface area contributed by atoms with Crippen molar-refractivity contribution in [3.63, 3.8) is 0 Å². The molecule has 2 heterocycles. The third-order valence-corrected chi connectivity index (χ3v) is 4.20. The first-order chi connectivity index (χ1) is 12.1. The molecule has 7 nitrogen and oxygen atoms in total. The van der Waals surface area contributed by atoms with Gasteiger partial charge in [-0.25, -0.2) is 9.78 Å². The van der Waals surface area contributed by atoms with Crippen molar-refractivity contribution in [3.8, 4) is 11.3 Å². The van der Waals surface area contributed by atoms with Gasteiger partial charge in [0.15, 0.2) is 0 Å². The van der Waals surface area contributed by atoms with Gasteiger partial charge in [0.25, 0.3) is 0 Å². The number of amides is 3. The first-order valence-corrected chi connectivity index (χ1v) is 8.38. The zero-order valence-corrected chi connectivity index (χ0v) is 14.0. The van der Waals surface area contributed by atoms with Gasteiger partial charge in [0.1, 0.15) is 10.8 Å². The first-order valence-electron chi connectivity index (χ1n) is 7.50. The second-order valence-electron chi connectivity index (χ2n) is 5.23. The van der Waals surface area contributed by atoms with Gasteiger partial charge in [0.05, 0.1) is 24.9 Å². The topological polar surface area (TPSA) is 110 Å². The number of nitrogens with one attached hydrogen (secondary N) is 2. The summed E-state index contributed by atoms with van der Waals surface area (Å²) in [6, 6.07) is 10.1. The van der Waals surface area contributed by atoms with E-state index in [4.69, 9.17) is 10.2 Å². The van der Waals surface area contributed by atoms with Crippen LogP contribution in [0.15, 0.2) is 52.5 Å². The van der Waals surface area contributed by atoms with Gasteiger partial charge in [-0.05, 0) is 24.3 Å². The number of benzene rings is 1. The van der Waals surface area contributed by atoms with Crippen molar-refractivity contribution >= 4 is 29.0 Å². The third kappa shape index (κ3) is 4.67. The monoisotopic (exact) mass is 356 g/mol. The predicted molar refractivity (Wildman–Crippen MR) is 95.0 cm³/mol. The Kier molecular flexibility index (Phi) is 5.10. The number of nitrogens with zero attached hydrogens (tertiary/aromatic N) is 1. The summed E-state index contributed by atoms with van der Waals surface area (Å²) in [4.78, 5) is 27.3. The van der Waals surface area contributed by atoms with E-state index in [2.05, 4.69) is 15.6 Å². The van der Waals surface area contributed by atoms with Gasteiger partial charge in [0, 0.05) is 16.6 Å². The minimum atomic E-state index is -0.607. The molecule has 0 atom stereocenters. The van der Waals surface area contributed by atoms with Gasteiger partial charge in [-0.1, -0.05) is 12.1 Å². The molecule has 0 saturated carbocycles. The summed E-state index contributed by atoms with van der Waals surface area (Å²) in [6.45, 7) is 0.360. The van der Waals surface area contributed by atoms with Crippen LogP contribution in [0.5, 0.6) is 0 Å². The lowest BCUT2D eigenvalue weighted by Gasteiger charge is -2.02. The van der Waals surface area contributed by atoms with E-state index >= 15 is 0 Å². The Morgan fingerprint density at radius 3 is 2.68 bits per heavy atom. The van der Waals surface area contributed by atoms with Crippen LogP contribution in [-0.4, -0.2) is 16.9 Å². The number of rotatable bonds is 6. The maximum Gasteiger partial charge on any atom is 0.316 e. The molecule has 3 rings (SSSR count). The number of nitrogens with two attached hydrogens (primary N) is 1. The number of hydrogen-bond donors (Lipinski definition) is 3. The van der Waals surface area contributed by atoms with Gasteiger partial charge >= 0.3 is 6.03 Å². The van der Waals surface area contributed by atoms with Gasteiger partial charge in [-0.2, -0.15) is 0 Å². The lowest BCUT2D eigenvalue weighted by molar-refractivity contribution is -0.120. The number of carbonyl (C=O) groups excluding carboxylic acids is 2. The number of hydrogen-bond acceptors (Lipinski definition) is 5. The fraction of sp³-hybridized carbons (Fsp3) is 0.118.